The van der Waals surface area contributed by atoms with Crippen LogP contribution < -0.4 is 15.4 Å². The molecule has 0 radical (unpaired) electrons. The van der Waals surface area contributed by atoms with Crippen LogP contribution in [0.1, 0.15) is 25.3 Å². The number of benzene rings is 1. The van der Waals surface area contributed by atoms with Gasteiger partial charge in [-0.25, -0.2) is 0 Å². The molecule has 2 rings (SSSR count). The van der Waals surface area contributed by atoms with E-state index in [0.29, 0.717) is 6.54 Å². The van der Waals surface area contributed by atoms with Gasteiger partial charge in [-0.05, 0) is 50.6 Å². The summed E-state index contributed by atoms with van der Waals surface area (Å²) in [5.74, 6) is 0.866. The first-order valence-electron chi connectivity index (χ1n) is 7.01. The zero-order valence-electron chi connectivity index (χ0n) is 12.2. The highest BCUT2D eigenvalue weighted by atomic mass is 16.5. The number of hydrogen-bond acceptors (Lipinski definition) is 3. The van der Waals surface area contributed by atoms with Crippen LogP contribution in [0.4, 0.5) is 0 Å². The molecule has 0 spiro atoms. The molecule has 20 heavy (non-hydrogen) atoms. The van der Waals surface area contributed by atoms with Crippen LogP contribution in [0.5, 0.6) is 5.75 Å². The molecule has 0 saturated carbocycles. The van der Waals surface area contributed by atoms with Gasteiger partial charge < -0.3 is 15.4 Å². The van der Waals surface area contributed by atoms with Crippen molar-refractivity contribution in [3.8, 4) is 5.75 Å². The fourth-order valence-electron chi connectivity index (χ4n) is 2.32. The topological polar surface area (TPSA) is 50.4 Å². The Morgan fingerprint density at radius 1 is 1.25 bits per heavy atom. The van der Waals surface area contributed by atoms with E-state index in [0.717, 1.165) is 42.8 Å². The highest BCUT2D eigenvalue weighted by molar-refractivity contribution is 5.93. The molecule has 108 valence electrons. The minimum atomic E-state index is 0.0396. The lowest BCUT2D eigenvalue weighted by molar-refractivity contribution is -0.117. The molecule has 1 aromatic rings. The van der Waals surface area contributed by atoms with E-state index in [9.17, 15) is 4.79 Å². The molecular weight excluding hydrogens is 252 g/mol. The Labute approximate surface area is 120 Å². The minimum absolute atomic E-state index is 0.0396. The summed E-state index contributed by atoms with van der Waals surface area (Å²) in [6.07, 6.45) is 1.95. The lowest BCUT2D eigenvalue weighted by Crippen LogP contribution is -2.28. The van der Waals surface area contributed by atoms with Gasteiger partial charge in [-0.3, -0.25) is 4.79 Å². The molecule has 1 fully saturated rings. The molecule has 1 saturated heterocycles. The standard InChI is InChI=1S/C16H22N2O2/c1-12(14-7-9-17-10-8-14)16(19)18-11-13-3-5-15(20-2)6-4-13/h3-6,17H,7-11H2,1-2H3,(H,18,19). The van der Waals surface area contributed by atoms with Gasteiger partial charge in [-0.15, -0.1) is 0 Å². The van der Waals surface area contributed by atoms with E-state index in [-0.39, 0.29) is 5.91 Å². The summed E-state index contributed by atoms with van der Waals surface area (Å²) >= 11 is 0. The number of carbonyl (C=O) groups is 1. The van der Waals surface area contributed by atoms with Crippen LogP contribution >= 0.6 is 0 Å². The van der Waals surface area contributed by atoms with Crippen LogP contribution in [-0.2, 0) is 11.3 Å². The first kappa shape index (κ1) is 14.6. The number of piperidine rings is 1. The summed E-state index contributed by atoms with van der Waals surface area (Å²) in [5, 5.41) is 6.27. The maximum Gasteiger partial charge on any atom is 0.247 e. The van der Waals surface area contributed by atoms with Gasteiger partial charge in [0, 0.05) is 12.1 Å². The van der Waals surface area contributed by atoms with Crippen LogP contribution in [0.2, 0.25) is 0 Å². The predicted octanol–water partition coefficient (Wildman–Crippen LogP) is 2.01. The summed E-state index contributed by atoms with van der Waals surface area (Å²) in [6.45, 7) is 4.41. The SMILES string of the molecule is COc1ccc(CNC(=O)C(C)=C2CCNCC2)cc1. The zero-order valence-corrected chi connectivity index (χ0v) is 12.2. The Morgan fingerprint density at radius 2 is 1.90 bits per heavy atom. The largest absolute Gasteiger partial charge is 0.497 e. The maximum absolute atomic E-state index is 12.1. The lowest BCUT2D eigenvalue weighted by Gasteiger charge is -2.18. The molecular formula is C16H22N2O2. The smallest absolute Gasteiger partial charge is 0.247 e. The van der Waals surface area contributed by atoms with Gasteiger partial charge >= 0.3 is 0 Å². The molecule has 4 heteroatoms. The third kappa shape index (κ3) is 3.84. The highest BCUT2D eigenvalue weighted by Crippen LogP contribution is 2.16. The summed E-state index contributed by atoms with van der Waals surface area (Å²) < 4.78 is 5.11. The monoisotopic (exact) mass is 274 g/mol. The Morgan fingerprint density at radius 3 is 2.50 bits per heavy atom. The number of methoxy groups -OCH3 is 1. The Bertz CT molecular complexity index is 484. The van der Waals surface area contributed by atoms with E-state index < -0.39 is 0 Å². The minimum Gasteiger partial charge on any atom is -0.497 e. The Hall–Kier alpha value is -1.81. The maximum atomic E-state index is 12.1. The number of amides is 1. The van der Waals surface area contributed by atoms with E-state index in [4.69, 9.17) is 4.74 Å². The van der Waals surface area contributed by atoms with Crippen molar-refractivity contribution in [1.82, 2.24) is 10.6 Å². The van der Waals surface area contributed by atoms with Gasteiger partial charge in [0.25, 0.3) is 0 Å². The normalized spacial score (nSPS) is 14.8. The Kier molecular flexibility index (Phi) is 5.18. The second-order valence-corrected chi connectivity index (χ2v) is 5.01. The number of carbonyl (C=O) groups excluding carboxylic acids is 1. The average Bonchev–Trinajstić information content (AvgIpc) is 2.53. The van der Waals surface area contributed by atoms with Gasteiger partial charge in [0.15, 0.2) is 0 Å². The molecule has 1 aromatic carbocycles. The van der Waals surface area contributed by atoms with E-state index in [1.54, 1.807) is 7.11 Å². The number of ether oxygens (including phenoxy) is 1. The number of hydrogen-bond donors (Lipinski definition) is 2. The molecule has 1 amide bonds. The van der Waals surface area contributed by atoms with Crippen LogP contribution in [0.25, 0.3) is 0 Å². The fraction of sp³-hybridized carbons (Fsp3) is 0.438. The molecule has 0 unspecified atom stereocenters. The fourth-order valence-corrected chi connectivity index (χ4v) is 2.32. The van der Waals surface area contributed by atoms with Crippen molar-refractivity contribution in [2.24, 2.45) is 0 Å². The van der Waals surface area contributed by atoms with Crippen molar-refractivity contribution in [1.29, 1.82) is 0 Å². The van der Waals surface area contributed by atoms with Gasteiger partial charge in [-0.2, -0.15) is 0 Å². The number of nitrogens with one attached hydrogen (secondary N) is 2. The summed E-state index contributed by atoms with van der Waals surface area (Å²) in [4.78, 5) is 12.1. The molecule has 1 aliphatic rings. The van der Waals surface area contributed by atoms with E-state index in [1.165, 1.54) is 5.57 Å². The predicted molar refractivity (Wildman–Crippen MR) is 79.6 cm³/mol. The van der Waals surface area contributed by atoms with Crippen LogP contribution in [0.3, 0.4) is 0 Å². The van der Waals surface area contributed by atoms with Gasteiger partial charge in [0.2, 0.25) is 5.91 Å². The molecule has 1 heterocycles. The summed E-state index contributed by atoms with van der Waals surface area (Å²) in [7, 11) is 1.64. The van der Waals surface area contributed by atoms with Crippen molar-refractivity contribution in [3.05, 3.63) is 41.0 Å². The van der Waals surface area contributed by atoms with Crippen LogP contribution in [0, 0.1) is 0 Å². The summed E-state index contributed by atoms with van der Waals surface area (Å²) in [6, 6.07) is 7.73. The average molecular weight is 274 g/mol. The zero-order chi connectivity index (χ0) is 14.4. The molecule has 1 aliphatic heterocycles. The second kappa shape index (κ2) is 7.10. The molecule has 0 aliphatic carbocycles. The van der Waals surface area contributed by atoms with E-state index in [1.807, 2.05) is 31.2 Å². The van der Waals surface area contributed by atoms with Crippen molar-refractivity contribution < 1.29 is 9.53 Å². The van der Waals surface area contributed by atoms with Crippen LogP contribution in [0.15, 0.2) is 35.4 Å². The van der Waals surface area contributed by atoms with Gasteiger partial charge in [0.05, 0.1) is 7.11 Å². The van der Waals surface area contributed by atoms with Crippen LogP contribution in [-0.4, -0.2) is 26.1 Å². The van der Waals surface area contributed by atoms with E-state index >= 15 is 0 Å². The lowest BCUT2D eigenvalue weighted by atomic mass is 9.99. The highest BCUT2D eigenvalue weighted by Gasteiger charge is 2.13. The second-order valence-electron chi connectivity index (χ2n) is 5.01. The first-order valence-corrected chi connectivity index (χ1v) is 7.01. The van der Waals surface area contributed by atoms with Crippen molar-refractivity contribution >= 4 is 5.91 Å². The molecule has 0 atom stereocenters. The van der Waals surface area contributed by atoms with Crippen molar-refractivity contribution in [2.75, 3.05) is 20.2 Å². The molecule has 0 bridgehead atoms. The Balaban J connectivity index is 1.90. The third-order valence-electron chi connectivity index (χ3n) is 3.69. The summed E-state index contributed by atoms with van der Waals surface area (Å²) in [5.41, 5.74) is 3.22. The molecule has 4 nitrogen and oxygen atoms in total. The molecule has 0 aromatic heterocycles. The van der Waals surface area contributed by atoms with Gasteiger partial charge in [-0.1, -0.05) is 17.7 Å². The quantitative estimate of drug-likeness (QED) is 0.826. The van der Waals surface area contributed by atoms with Crippen molar-refractivity contribution in [2.45, 2.75) is 26.3 Å². The first-order chi connectivity index (χ1) is 9.70. The molecule has 2 N–H and O–H groups in total. The van der Waals surface area contributed by atoms with Crippen molar-refractivity contribution in [3.63, 3.8) is 0 Å². The van der Waals surface area contributed by atoms with Gasteiger partial charge in [0.1, 0.15) is 5.75 Å². The van der Waals surface area contributed by atoms with E-state index in [2.05, 4.69) is 10.6 Å². The number of rotatable bonds is 4. The third-order valence-corrected chi connectivity index (χ3v) is 3.69.